The van der Waals surface area contributed by atoms with Crippen molar-refractivity contribution in [3.05, 3.63) is 23.3 Å². The Bertz CT molecular complexity index is 423. The molecular weight excluding hydrogens is 214 g/mol. The van der Waals surface area contributed by atoms with Crippen LogP contribution in [-0.2, 0) is 0 Å². The monoisotopic (exact) mass is 233 g/mol. The van der Waals surface area contributed by atoms with E-state index in [4.69, 9.17) is 0 Å². The predicted molar refractivity (Wildman–Crippen MR) is 65.8 cm³/mol. The van der Waals surface area contributed by atoms with Crippen LogP contribution in [0.1, 0.15) is 41.5 Å². The predicted octanol–water partition coefficient (Wildman–Crippen LogP) is 1.97. The highest BCUT2D eigenvalue weighted by Crippen LogP contribution is 2.19. The lowest BCUT2D eigenvalue weighted by Crippen LogP contribution is -2.38. The van der Waals surface area contributed by atoms with Crippen LogP contribution in [0.3, 0.4) is 0 Å². The third-order valence-corrected chi connectivity index (χ3v) is 3.61. The maximum atomic E-state index is 12.3. The highest BCUT2D eigenvalue weighted by atomic mass is 16.2. The summed E-state index contributed by atoms with van der Waals surface area (Å²) >= 11 is 0. The Morgan fingerprint density at radius 2 is 1.94 bits per heavy atom. The first-order valence-electron chi connectivity index (χ1n) is 6.17. The number of aryl methyl sites for hydroxylation is 1. The smallest absolute Gasteiger partial charge is 0.272 e. The van der Waals surface area contributed by atoms with E-state index >= 15 is 0 Å². The van der Waals surface area contributed by atoms with E-state index in [0.717, 1.165) is 43.1 Å². The molecule has 1 aromatic rings. The van der Waals surface area contributed by atoms with Gasteiger partial charge in [-0.2, -0.15) is 0 Å². The summed E-state index contributed by atoms with van der Waals surface area (Å²) in [7, 11) is 0. The Morgan fingerprint density at radius 1 is 1.29 bits per heavy atom. The highest BCUT2D eigenvalue weighted by Gasteiger charge is 2.23. The number of piperidine rings is 1. The second-order valence-electron chi connectivity index (χ2n) is 4.91. The molecule has 0 unspecified atom stereocenters. The second-order valence-corrected chi connectivity index (χ2v) is 4.91. The van der Waals surface area contributed by atoms with Gasteiger partial charge in [-0.15, -0.1) is 0 Å². The number of amides is 1. The van der Waals surface area contributed by atoms with Gasteiger partial charge in [-0.05, 0) is 32.6 Å². The summed E-state index contributed by atoms with van der Waals surface area (Å²) in [6, 6.07) is 0. The van der Waals surface area contributed by atoms with Gasteiger partial charge < -0.3 is 4.90 Å². The minimum atomic E-state index is 0.0555. The SMILES string of the molecule is Cc1ncnc(C(=O)N2CCC(C)CC2)c1C. The van der Waals surface area contributed by atoms with Crippen LogP contribution in [0, 0.1) is 19.8 Å². The summed E-state index contributed by atoms with van der Waals surface area (Å²) in [5, 5.41) is 0. The molecule has 0 atom stereocenters. The van der Waals surface area contributed by atoms with Crippen molar-refractivity contribution in [2.75, 3.05) is 13.1 Å². The van der Waals surface area contributed by atoms with Crippen LogP contribution in [0.2, 0.25) is 0 Å². The molecule has 1 amide bonds. The van der Waals surface area contributed by atoms with Gasteiger partial charge in [-0.3, -0.25) is 4.79 Å². The van der Waals surface area contributed by atoms with E-state index in [-0.39, 0.29) is 5.91 Å². The minimum Gasteiger partial charge on any atom is -0.337 e. The van der Waals surface area contributed by atoms with Crippen LogP contribution in [-0.4, -0.2) is 33.9 Å². The third kappa shape index (κ3) is 2.46. The van der Waals surface area contributed by atoms with Gasteiger partial charge in [0.25, 0.3) is 5.91 Å². The van der Waals surface area contributed by atoms with Gasteiger partial charge >= 0.3 is 0 Å². The number of hydrogen-bond donors (Lipinski definition) is 0. The lowest BCUT2D eigenvalue weighted by Gasteiger charge is -2.30. The lowest BCUT2D eigenvalue weighted by atomic mass is 9.99. The van der Waals surface area contributed by atoms with Gasteiger partial charge in [0.05, 0.1) is 0 Å². The Kier molecular flexibility index (Phi) is 3.41. The number of carbonyl (C=O) groups excluding carboxylic acids is 1. The molecule has 2 rings (SSSR count). The molecule has 0 aliphatic carbocycles. The summed E-state index contributed by atoms with van der Waals surface area (Å²) in [5.74, 6) is 0.784. The van der Waals surface area contributed by atoms with Crippen molar-refractivity contribution < 1.29 is 4.79 Å². The molecule has 1 aliphatic rings. The zero-order chi connectivity index (χ0) is 12.4. The molecule has 4 heteroatoms. The van der Waals surface area contributed by atoms with Crippen molar-refractivity contribution in [3.63, 3.8) is 0 Å². The van der Waals surface area contributed by atoms with E-state index in [1.54, 1.807) is 0 Å². The van der Waals surface area contributed by atoms with E-state index < -0.39 is 0 Å². The fourth-order valence-electron chi connectivity index (χ4n) is 2.12. The van der Waals surface area contributed by atoms with Gasteiger partial charge in [0, 0.05) is 24.3 Å². The molecule has 1 aliphatic heterocycles. The zero-order valence-electron chi connectivity index (χ0n) is 10.7. The second kappa shape index (κ2) is 4.82. The topological polar surface area (TPSA) is 46.1 Å². The van der Waals surface area contributed by atoms with Crippen molar-refractivity contribution in [1.29, 1.82) is 0 Å². The van der Waals surface area contributed by atoms with Crippen LogP contribution in [0.5, 0.6) is 0 Å². The van der Waals surface area contributed by atoms with E-state index in [1.165, 1.54) is 6.33 Å². The number of hydrogen-bond acceptors (Lipinski definition) is 3. The average molecular weight is 233 g/mol. The number of aromatic nitrogens is 2. The zero-order valence-corrected chi connectivity index (χ0v) is 10.7. The number of nitrogens with zero attached hydrogens (tertiary/aromatic N) is 3. The normalized spacial score (nSPS) is 17.2. The van der Waals surface area contributed by atoms with Crippen molar-refractivity contribution in [2.45, 2.75) is 33.6 Å². The first kappa shape index (κ1) is 12.0. The Hall–Kier alpha value is -1.45. The Labute approximate surface area is 102 Å². The molecule has 1 fully saturated rings. The third-order valence-electron chi connectivity index (χ3n) is 3.61. The number of rotatable bonds is 1. The van der Waals surface area contributed by atoms with E-state index in [2.05, 4.69) is 16.9 Å². The van der Waals surface area contributed by atoms with Gasteiger partial charge in [0.1, 0.15) is 12.0 Å². The average Bonchev–Trinajstić information content (AvgIpc) is 2.33. The molecule has 4 nitrogen and oxygen atoms in total. The van der Waals surface area contributed by atoms with Crippen molar-refractivity contribution in [2.24, 2.45) is 5.92 Å². The molecule has 0 N–H and O–H groups in total. The first-order valence-corrected chi connectivity index (χ1v) is 6.17. The van der Waals surface area contributed by atoms with Crippen LogP contribution < -0.4 is 0 Å². The summed E-state index contributed by atoms with van der Waals surface area (Å²) in [6.07, 6.45) is 3.66. The lowest BCUT2D eigenvalue weighted by molar-refractivity contribution is 0.0690. The molecule has 0 saturated carbocycles. The summed E-state index contributed by atoms with van der Waals surface area (Å²) < 4.78 is 0. The van der Waals surface area contributed by atoms with Crippen molar-refractivity contribution >= 4 is 5.91 Å². The Morgan fingerprint density at radius 3 is 2.59 bits per heavy atom. The maximum absolute atomic E-state index is 12.3. The molecule has 1 aromatic heterocycles. The van der Waals surface area contributed by atoms with E-state index in [1.807, 2.05) is 18.7 Å². The maximum Gasteiger partial charge on any atom is 0.272 e. The van der Waals surface area contributed by atoms with Crippen molar-refractivity contribution in [3.8, 4) is 0 Å². The molecule has 1 saturated heterocycles. The first-order chi connectivity index (χ1) is 8.09. The molecule has 0 bridgehead atoms. The van der Waals surface area contributed by atoms with Crippen LogP contribution in [0.15, 0.2) is 6.33 Å². The van der Waals surface area contributed by atoms with Gasteiger partial charge in [0.15, 0.2) is 0 Å². The highest BCUT2D eigenvalue weighted by molar-refractivity contribution is 5.93. The summed E-state index contributed by atoms with van der Waals surface area (Å²) in [4.78, 5) is 22.5. The molecule has 92 valence electrons. The van der Waals surface area contributed by atoms with Gasteiger partial charge in [-0.1, -0.05) is 6.92 Å². The molecule has 0 radical (unpaired) electrons. The molecular formula is C13H19N3O. The van der Waals surface area contributed by atoms with Gasteiger partial charge in [0.2, 0.25) is 0 Å². The fourth-order valence-corrected chi connectivity index (χ4v) is 2.12. The molecule has 17 heavy (non-hydrogen) atoms. The van der Waals surface area contributed by atoms with Crippen LogP contribution in [0.25, 0.3) is 0 Å². The summed E-state index contributed by atoms with van der Waals surface area (Å²) in [6.45, 7) is 7.76. The number of carbonyl (C=O) groups is 1. The molecule has 2 heterocycles. The number of likely N-dealkylation sites (tertiary alicyclic amines) is 1. The molecule has 0 spiro atoms. The van der Waals surface area contributed by atoms with Crippen LogP contribution >= 0.6 is 0 Å². The quantitative estimate of drug-likeness (QED) is 0.745. The Balaban J connectivity index is 2.17. The minimum absolute atomic E-state index is 0.0555. The van der Waals surface area contributed by atoms with Crippen LogP contribution in [0.4, 0.5) is 0 Å². The summed E-state index contributed by atoms with van der Waals surface area (Å²) in [5.41, 5.74) is 2.34. The standard InChI is InChI=1S/C13H19N3O/c1-9-4-6-16(7-5-9)13(17)12-10(2)11(3)14-8-15-12/h8-9H,4-7H2,1-3H3. The largest absolute Gasteiger partial charge is 0.337 e. The van der Waals surface area contributed by atoms with E-state index in [9.17, 15) is 4.79 Å². The van der Waals surface area contributed by atoms with E-state index in [0.29, 0.717) is 5.69 Å². The molecule has 0 aromatic carbocycles. The van der Waals surface area contributed by atoms with Gasteiger partial charge in [-0.25, -0.2) is 9.97 Å². The fraction of sp³-hybridized carbons (Fsp3) is 0.615. The van der Waals surface area contributed by atoms with Crippen molar-refractivity contribution in [1.82, 2.24) is 14.9 Å².